The fraction of sp³-hybridized carbons (Fsp3) is 1.00. The first-order valence-electron chi connectivity index (χ1n) is 5.63. The predicted molar refractivity (Wildman–Crippen MR) is 61.5 cm³/mol. The van der Waals surface area contributed by atoms with E-state index in [2.05, 4.69) is 18.9 Å². The second-order valence-electron chi connectivity index (χ2n) is 4.04. The number of likely N-dealkylation sites (N-methyl/N-ethyl adjacent to an activating group) is 1. The average Bonchev–Trinajstić information content (AvgIpc) is 2.13. The lowest BCUT2D eigenvalue weighted by Gasteiger charge is -2.20. The zero-order valence-corrected chi connectivity index (χ0v) is 9.96. The van der Waals surface area contributed by atoms with Crippen LogP contribution in [-0.2, 0) is 4.74 Å². The van der Waals surface area contributed by atoms with Crippen molar-refractivity contribution in [2.45, 2.75) is 38.6 Å². The molecule has 0 aliphatic heterocycles. The van der Waals surface area contributed by atoms with E-state index >= 15 is 0 Å². The number of unbranched alkanes of at least 4 members (excludes halogenated alkanes) is 3. The Bertz CT molecular complexity index is 120. The van der Waals surface area contributed by atoms with Gasteiger partial charge in [-0.15, -0.1) is 0 Å². The van der Waals surface area contributed by atoms with E-state index in [4.69, 9.17) is 10.5 Å². The summed E-state index contributed by atoms with van der Waals surface area (Å²) in [6.07, 6.45) is 5.26. The minimum absolute atomic E-state index is 0.149. The summed E-state index contributed by atoms with van der Waals surface area (Å²) in [6.45, 7) is 4.97. The van der Waals surface area contributed by atoms with E-state index in [-0.39, 0.29) is 6.04 Å². The lowest BCUT2D eigenvalue weighted by molar-refractivity contribution is 0.161. The molecule has 1 unspecified atom stereocenters. The van der Waals surface area contributed by atoms with Gasteiger partial charge >= 0.3 is 0 Å². The second kappa shape index (κ2) is 9.44. The number of rotatable bonds is 9. The molecule has 2 N–H and O–H groups in total. The van der Waals surface area contributed by atoms with E-state index in [1.165, 1.54) is 25.7 Å². The predicted octanol–water partition coefficient (Wildman–Crippen LogP) is 1.47. The van der Waals surface area contributed by atoms with E-state index in [1.807, 2.05) is 0 Å². The molecular formula is C11H26N2O. The molecule has 0 aromatic rings. The van der Waals surface area contributed by atoms with Gasteiger partial charge in [0.05, 0.1) is 6.61 Å². The van der Waals surface area contributed by atoms with Gasteiger partial charge in [0.15, 0.2) is 0 Å². The van der Waals surface area contributed by atoms with Gasteiger partial charge in [-0.1, -0.05) is 26.2 Å². The molecular weight excluding hydrogens is 176 g/mol. The van der Waals surface area contributed by atoms with Gasteiger partial charge in [0.1, 0.15) is 0 Å². The van der Waals surface area contributed by atoms with Crippen molar-refractivity contribution in [2.75, 3.05) is 33.9 Å². The number of hydrogen-bond acceptors (Lipinski definition) is 3. The first kappa shape index (κ1) is 13.9. The van der Waals surface area contributed by atoms with Crippen LogP contribution in [0.3, 0.4) is 0 Å². The fourth-order valence-electron chi connectivity index (χ4n) is 1.57. The Hall–Kier alpha value is -0.120. The third-order valence-corrected chi connectivity index (χ3v) is 2.32. The van der Waals surface area contributed by atoms with Gasteiger partial charge in [0.25, 0.3) is 0 Å². The normalized spacial score (nSPS) is 13.5. The van der Waals surface area contributed by atoms with Crippen LogP contribution in [0.15, 0.2) is 0 Å². The molecule has 1 atom stereocenters. The Morgan fingerprint density at radius 3 is 2.57 bits per heavy atom. The van der Waals surface area contributed by atoms with Crippen LogP contribution in [0.25, 0.3) is 0 Å². The van der Waals surface area contributed by atoms with Gasteiger partial charge in [-0.2, -0.15) is 0 Å². The van der Waals surface area contributed by atoms with Crippen LogP contribution in [0.2, 0.25) is 0 Å². The fourth-order valence-corrected chi connectivity index (χ4v) is 1.57. The quantitative estimate of drug-likeness (QED) is 0.575. The van der Waals surface area contributed by atoms with Gasteiger partial charge < -0.3 is 15.4 Å². The third-order valence-electron chi connectivity index (χ3n) is 2.32. The van der Waals surface area contributed by atoms with E-state index in [0.717, 1.165) is 13.1 Å². The highest BCUT2D eigenvalue weighted by molar-refractivity contribution is 4.64. The minimum Gasteiger partial charge on any atom is -0.383 e. The molecule has 0 rings (SSSR count). The van der Waals surface area contributed by atoms with Crippen molar-refractivity contribution in [3.63, 3.8) is 0 Å². The maximum Gasteiger partial charge on any atom is 0.0626 e. The summed E-state index contributed by atoms with van der Waals surface area (Å²) < 4.78 is 5.00. The highest BCUT2D eigenvalue weighted by atomic mass is 16.5. The second-order valence-corrected chi connectivity index (χ2v) is 4.04. The lowest BCUT2D eigenvalue weighted by atomic mass is 10.2. The van der Waals surface area contributed by atoms with E-state index in [9.17, 15) is 0 Å². The molecule has 86 valence electrons. The SMILES string of the molecule is CCCCCCN(C)CC(N)COC. The Balaban J connectivity index is 3.30. The zero-order valence-electron chi connectivity index (χ0n) is 9.96. The summed E-state index contributed by atoms with van der Waals surface area (Å²) >= 11 is 0. The van der Waals surface area contributed by atoms with Crippen LogP contribution < -0.4 is 5.73 Å². The van der Waals surface area contributed by atoms with E-state index in [1.54, 1.807) is 7.11 Å². The summed E-state index contributed by atoms with van der Waals surface area (Å²) in [6, 6.07) is 0.149. The summed E-state index contributed by atoms with van der Waals surface area (Å²) in [5.74, 6) is 0. The van der Waals surface area contributed by atoms with Crippen molar-refractivity contribution in [1.29, 1.82) is 0 Å². The highest BCUT2D eigenvalue weighted by Crippen LogP contribution is 2.00. The van der Waals surface area contributed by atoms with Gasteiger partial charge in [0, 0.05) is 19.7 Å². The summed E-state index contributed by atoms with van der Waals surface area (Å²) in [5.41, 5.74) is 5.85. The molecule has 0 saturated carbocycles. The molecule has 0 heterocycles. The van der Waals surface area contributed by atoms with Crippen LogP contribution in [0.4, 0.5) is 0 Å². The number of hydrogen-bond donors (Lipinski definition) is 1. The smallest absolute Gasteiger partial charge is 0.0626 e. The molecule has 0 aromatic heterocycles. The molecule has 14 heavy (non-hydrogen) atoms. The average molecular weight is 202 g/mol. The van der Waals surface area contributed by atoms with E-state index < -0.39 is 0 Å². The summed E-state index contributed by atoms with van der Waals surface area (Å²) in [4.78, 5) is 2.29. The summed E-state index contributed by atoms with van der Waals surface area (Å²) in [7, 11) is 3.82. The Labute approximate surface area is 88.6 Å². The van der Waals surface area contributed by atoms with Crippen LogP contribution in [0.5, 0.6) is 0 Å². The van der Waals surface area contributed by atoms with Crippen molar-refractivity contribution in [3.05, 3.63) is 0 Å². The molecule has 3 nitrogen and oxygen atoms in total. The zero-order chi connectivity index (χ0) is 10.8. The Kier molecular flexibility index (Phi) is 9.35. The number of nitrogens with zero attached hydrogens (tertiary/aromatic N) is 1. The maximum atomic E-state index is 5.85. The number of methoxy groups -OCH3 is 1. The largest absolute Gasteiger partial charge is 0.383 e. The standard InChI is InChI=1S/C11H26N2O/c1-4-5-6-7-8-13(2)9-11(12)10-14-3/h11H,4-10,12H2,1-3H3. The van der Waals surface area contributed by atoms with Gasteiger partial charge in [-0.3, -0.25) is 0 Å². The lowest BCUT2D eigenvalue weighted by Crippen LogP contribution is -2.38. The molecule has 0 aromatic carbocycles. The van der Waals surface area contributed by atoms with Crippen LogP contribution in [0, 0.1) is 0 Å². The molecule has 0 radical (unpaired) electrons. The van der Waals surface area contributed by atoms with Gasteiger partial charge in [-0.25, -0.2) is 0 Å². The number of ether oxygens (including phenoxy) is 1. The molecule has 0 aliphatic rings. The molecule has 0 saturated heterocycles. The molecule has 0 bridgehead atoms. The Morgan fingerprint density at radius 1 is 1.29 bits per heavy atom. The number of nitrogens with two attached hydrogens (primary N) is 1. The summed E-state index contributed by atoms with van der Waals surface area (Å²) in [5, 5.41) is 0. The van der Waals surface area contributed by atoms with Gasteiger partial charge in [0.2, 0.25) is 0 Å². The molecule has 0 amide bonds. The molecule has 0 aliphatic carbocycles. The monoisotopic (exact) mass is 202 g/mol. The molecule has 0 spiro atoms. The first-order valence-corrected chi connectivity index (χ1v) is 5.63. The van der Waals surface area contributed by atoms with E-state index in [0.29, 0.717) is 6.61 Å². The van der Waals surface area contributed by atoms with Crippen molar-refractivity contribution in [2.24, 2.45) is 5.73 Å². The van der Waals surface area contributed by atoms with Gasteiger partial charge in [-0.05, 0) is 20.0 Å². The Morgan fingerprint density at radius 2 is 2.00 bits per heavy atom. The highest BCUT2D eigenvalue weighted by Gasteiger charge is 2.05. The van der Waals surface area contributed by atoms with Crippen molar-refractivity contribution < 1.29 is 4.74 Å². The van der Waals surface area contributed by atoms with Crippen molar-refractivity contribution in [1.82, 2.24) is 4.90 Å². The van der Waals surface area contributed by atoms with Crippen molar-refractivity contribution >= 4 is 0 Å². The third kappa shape index (κ3) is 8.48. The minimum atomic E-state index is 0.149. The molecule has 0 fully saturated rings. The van der Waals surface area contributed by atoms with Crippen LogP contribution >= 0.6 is 0 Å². The van der Waals surface area contributed by atoms with Crippen LogP contribution in [-0.4, -0.2) is 44.8 Å². The topological polar surface area (TPSA) is 38.5 Å². The molecule has 3 heteroatoms. The van der Waals surface area contributed by atoms with Crippen LogP contribution in [0.1, 0.15) is 32.6 Å². The van der Waals surface area contributed by atoms with Crippen molar-refractivity contribution in [3.8, 4) is 0 Å². The maximum absolute atomic E-state index is 5.85. The first-order chi connectivity index (χ1) is 6.70.